The van der Waals surface area contributed by atoms with E-state index in [0.717, 1.165) is 0 Å². The lowest BCUT2D eigenvalue weighted by Gasteiger charge is -2.48. The zero-order valence-electron chi connectivity index (χ0n) is 16.6. The summed E-state index contributed by atoms with van der Waals surface area (Å²) in [6, 6.07) is 7.14. The first-order valence-corrected chi connectivity index (χ1v) is 9.31. The van der Waals surface area contributed by atoms with Gasteiger partial charge in [0.1, 0.15) is 5.75 Å². The Bertz CT molecular complexity index is 985. The maximum atomic E-state index is 12.5. The van der Waals surface area contributed by atoms with Crippen LogP contribution in [0.3, 0.4) is 0 Å². The lowest BCUT2D eigenvalue weighted by atomic mass is 9.87. The minimum absolute atomic E-state index is 0.151. The maximum Gasteiger partial charge on any atom is 0.573 e. The number of nitrogens with zero attached hydrogens (tertiary/aromatic N) is 3. The Labute approximate surface area is 176 Å². The van der Waals surface area contributed by atoms with E-state index in [0.29, 0.717) is 17.7 Å². The van der Waals surface area contributed by atoms with Crippen LogP contribution in [0.1, 0.15) is 28.4 Å². The van der Waals surface area contributed by atoms with Crippen LogP contribution in [0.25, 0.3) is 0 Å². The van der Waals surface area contributed by atoms with Crippen molar-refractivity contribution in [3.63, 3.8) is 0 Å². The Balaban J connectivity index is 1.86. The third kappa shape index (κ3) is 5.23. The zero-order chi connectivity index (χ0) is 22.8. The predicted molar refractivity (Wildman–Crippen MR) is 103 cm³/mol. The van der Waals surface area contributed by atoms with Gasteiger partial charge < -0.3 is 15.6 Å². The van der Waals surface area contributed by atoms with Gasteiger partial charge >= 0.3 is 12.5 Å². The number of ether oxygens (including phenoxy) is 1. The normalized spacial score (nSPS) is 19.8. The lowest BCUT2D eigenvalue weighted by Crippen LogP contribution is -2.60. The third-order valence-electron chi connectivity index (χ3n) is 5.18. The Morgan fingerprint density at radius 3 is 2.65 bits per heavy atom. The predicted octanol–water partition coefficient (Wildman–Crippen LogP) is 2.79. The van der Waals surface area contributed by atoms with Crippen LogP contribution in [0.15, 0.2) is 42.7 Å². The van der Waals surface area contributed by atoms with Gasteiger partial charge in [0.05, 0.1) is 11.1 Å². The summed E-state index contributed by atoms with van der Waals surface area (Å²) in [7, 11) is 0. The van der Waals surface area contributed by atoms with Crippen molar-refractivity contribution in [2.45, 2.75) is 25.4 Å². The molecule has 1 saturated heterocycles. The van der Waals surface area contributed by atoms with Gasteiger partial charge in [-0.2, -0.15) is 0 Å². The Hall–Kier alpha value is -3.34. The van der Waals surface area contributed by atoms with Gasteiger partial charge in [0.25, 0.3) is 0 Å². The van der Waals surface area contributed by atoms with Crippen LogP contribution >= 0.6 is 0 Å². The van der Waals surface area contributed by atoms with Gasteiger partial charge in [0, 0.05) is 38.6 Å². The number of pyridine rings is 1. The Morgan fingerprint density at radius 1 is 1.26 bits per heavy atom. The van der Waals surface area contributed by atoms with E-state index in [1.807, 2.05) is 4.90 Å². The van der Waals surface area contributed by atoms with Gasteiger partial charge in [0.2, 0.25) is 5.91 Å². The van der Waals surface area contributed by atoms with E-state index in [1.165, 1.54) is 41.6 Å². The van der Waals surface area contributed by atoms with E-state index in [4.69, 9.17) is 5.73 Å². The molecule has 2 amide bonds. The maximum absolute atomic E-state index is 12.5. The Kier molecular flexibility index (Phi) is 6.07. The van der Waals surface area contributed by atoms with Crippen LogP contribution in [0.5, 0.6) is 5.75 Å². The summed E-state index contributed by atoms with van der Waals surface area (Å²) >= 11 is 0. The molecule has 2 aromatic rings. The topological polar surface area (TPSA) is 109 Å². The van der Waals surface area contributed by atoms with Gasteiger partial charge in [-0.25, -0.2) is 4.79 Å². The molecule has 1 aliphatic rings. The van der Waals surface area contributed by atoms with Gasteiger partial charge in [-0.1, -0.05) is 12.1 Å². The highest BCUT2D eigenvalue weighted by Crippen LogP contribution is 2.33. The minimum atomic E-state index is -4.79. The molecule has 0 radical (unpaired) electrons. The zero-order valence-corrected chi connectivity index (χ0v) is 16.6. The molecule has 0 bridgehead atoms. The van der Waals surface area contributed by atoms with Crippen LogP contribution in [0.4, 0.5) is 18.0 Å². The molecule has 3 rings (SSSR count). The third-order valence-corrected chi connectivity index (χ3v) is 5.18. The summed E-state index contributed by atoms with van der Waals surface area (Å²) < 4.78 is 41.5. The number of benzene rings is 1. The molecule has 0 saturated carbocycles. The summed E-state index contributed by atoms with van der Waals surface area (Å²) in [5.74, 6) is -1.01. The average molecular weight is 438 g/mol. The van der Waals surface area contributed by atoms with Crippen LogP contribution in [0, 0.1) is 0 Å². The highest BCUT2D eigenvalue weighted by Gasteiger charge is 2.42. The molecule has 1 aromatic carbocycles. The average Bonchev–Trinajstić information content (AvgIpc) is 2.67. The fraction of sp³-hybridized carbons (Fsp3) is 0.350. The van der Waals surface area contributed by atoms with Crippen molar-refractivity contribution in [3.05, 3.63) is 59.4 Å². The lowest BCUT2D eigenvalue weighted by molar-refractivity contribution is -0.274. The molecule has 8 nitrogen and oxygen atoms in total. The minimum Gasteiger partial charge on any atom is -0.465 e. The molecular formula is C20H21F3N4O4. The molecule has 1 unspecified atom stereocenters. The summed E-state index contributed by atoms with van der Waals surface area (Å²) in [4.78, 5) is 30.6. The van der Waals surface area contributed by atoms with Gasteiger partial charge in [-0.05, 0) is 36.2 Å². The number of carbonyl (C=O) groups excluding carboxylic acids is 1. The number of primary amides is 1. The fourth-order valence-corrected chi connectivity index (χ4v) is 3.75. The first-order chi connectivity index (χ1) is 14.5. The van der Waals surface area contributed by atoms with E-state index >= 15 is 0 Å². The number of rotatable bonds is 5. The van der Waals surface area contributed by atoms with E-state index in [1.54, 1.807) is 13.0 Å². The second-order valence-corrected chi connectivity index (χ2v) is 7.44. The SMILES string of the molecule is CC1(c2cncc(C(N)=O)c2)CN(Cc2cccc(OC(F)(F)F)c2)CCN1C(=O)O. The van der Waals surface area contributed by atoms with Crippen molar-refractivity contribution in [2.75, 3.05) is 19.6 Å². The molecular weight excluding hydrogens is 417 g/mol. The number of hydrogen-bond acceptors (Lipinski definition) is 5. The number of carboxylic acid groups (broad SMARTS) is 1. The largest absolute Gasteiger partial charge is 0.573 e. The molecule has 1 atom stereocenters. The Morgan fingerprint density at radius 2 is 2.00 bits per heavy atom. The van der Waals surface area contributed by atoms with Gasteiger partial charge in [0.15, 0.2) is 0 Å². The van der Waals surface area contributed by atoms with Gasteiger partial charge in [-0.15, -0.1) is 13.2 Å². The first-order valence-electron chi connectivity index (χ1n) is 9.31. The highest BCUT2D eigenvalue weighted by molar-refractivity contribution is 5.92. The summed E-state index contributed by atoms with van der Waals surface area (Å²) in [5, 5.41) is 9.71. The van der Waals surface area contributed by atoms with Crippen LogP contribution in [0.2, 0.25) is 0 Å². The molecule has 1 aromatic heterocycles. The first kappa shape index (κ1) is 22.3. The standard InChI is InChI=1S/C20H21F3N4O4/c1-19(15-8-14(17(24)28)9-25-10-15)12-26(5-6-27(19)18(29)30)11-13-3-2-4-16(7-13)31-20(21,22)23/h2-4,7-10H,5-6,11-12H2,1H3,(H2,24,28)(H,29,30). The number of carbonyl (C=O) groups is 2. The number of hydrogen-bond donors (Lipinski definition) is 2. The number of aromatic nitrogens is 1. The van der Waals surface area contributed by atoms with Crippen molar-refractivity contribution in [1.82, 2.24) is 14.8 Å². The van der Waals surface area contributed by atoms with Crippen molar-refractivity contribution >= 4 is 12.0 Å². The molecule has 1 fully saturated rings. The van der Waals surface area contributed by atoms with Crippen LogP contribution in [-0.2, 0) is 12.1 Å². The monoisotopic (exact) mass is 438 g/mol. The molecule has 1 aliphatic heterocycles. The van der Waals surface area contributed by atoms with E-state index < -0.39 is 23.9 Å². The molecule has 31 heavy (non-hydrogen) atoms. The quantitative estimate of drug-likeness (QED) is 0.743. The summed E-state index contributed by atoms with van der Waals surface area (Å²) in [6.07, 6.45) is -3.15. The van der Waals surface area contributed by atoms with Crippen molar-refractivity contribution in [1.29, 1.82) is 0 Å². The molecule has 11 heteroatoms. The number of nitrogens with two attached hydrogens (primary N) is 1. The van der Waals surface area contributed by atoms with E-state index in [2.05, 4.69) is 9.72 Å². The number of piperazine rings is 1. The number of alkyl halides is 3. The smallest absolute Gasteiger partial charge is 0.465 e. The second-order valence-electron chi connectivity index (χ2n) is 7.44. The van der Waals surface area contributed by atoms with Crippen molar-refractivity contribution in [2.24, 2.45) is 5.73 Å². The van der Waals surface area contributed by atoms with Crippen molar-refractivity contribution < 1.29 is 32.6 Å². The molecule has 2 heterocycles. The van der Waals surface area contributed by atoms with Gasteiger partial charge in [-0.3, -0.25) is 19.6 Å². The van der Waals surface area contributed by atoms with Crippen LogP contribution < -0.4 is 10.5 Å². The number of halogens is 3. The van der Waals surface area contributed by atoms with Crippen LogP contribution in [-0.4, -0.2) is 57.9 Å². The summed E-state index contributed by atoms with van der Waals surface area (Å²) in [5.41, 5.74) is 5.50. The molecule has 3 N–H and O–H groups in total. The fourth-order valence-electron chi connectivity index (χ4n) is 3.75. The second kappa shape index (κ2) is 8.42. The molecule has 166 valence electrons. The van der Waals surface area contributed by atoms with Crippen molar-refractivity contribution in [3.8, 4) is 5.75 Å². The summed E-state index contributed by atoms with van der Waals surface area (Å²) in [6.45, 7) is 2.74. The molecule has 0 aliphatic carbocycles. The van der Waals surface area contributed by atoms with E-state index in [-0.39, 0.29) is 30.9 Å². The number of amides is 2. The van der Waals surface area contributed by atoms with E-state index in [9.17, 15) is 27.9 Å². The highest BCUT2D eigenvalue weighted by atomic mass is 19.4. The molecule has 0 spiro atoms.